The Labute approximate surface area is 159 Å². The summed E-state index contributed by atoms with van der Waals surface area (Å²) < 4.78 is 5.33. The van der Waals surface area contributed by atoms with E-state index in [1.807, 2.05) is 0 Å². The maximum absolute atomic E-state index is 10.2. The Morgan fingerprint density at radius 3 is 1.81 bits per heavy atom. The lowest BCUT2D eigenvalue weighted by Crippen LogP contribution is -2.66. The Kier molecular flexibility index (Phi) is 11.2. The molecule has 0 spiro atoms. The maximum Gasteiger partial charge on any atom is 0.173 e. The van der Waals surface area contributed by atoms with Crippen molar-refractivity contribution in [1.29, 1.82) is 0 Å². The van der Waals surface area contributed by atoms with E-state index in [1.54, 1.807) is 0 Å². The maximum atomic E-state index is 10.2. The summed E-state index contributed by atoms with van der Waals surface area (Å²) in [7, 11) is 0. The molecule has 1 aliphatic heterocycles. The standard InChI is InChI=1S/C20H41NO5/c1-4-5-6-7-8-9-10-11-12-13-14-21-15-16(22)17(23)18(20(2,3)25)26-19(15)24/h15-19,21-25H,4-14H2,1-3H3/t15-,16+,17-,18-,19?/m0/s1. The zero-order valence-electron chi connectivity index (χ0n) is 16.9. The van der Waals surface area contributed by atoms with E-state index in [4.69, 9.17) is 4.74 Å². The fourth-order valence-electron chi connectivity index (χ4n) is 3.56. The molecule has 5 N–H and O–H groups in total. The van der Waals surface area contributed by atoms with Gasteiger partial charge in [-0.05, 0) is 26.8 Å². The van der Waals surface area contributed by atoms with Gasteiger partial charge in [-0.1, -0.05) is 64.7 Å². The number of aliphatic hydroxyl groups is 4. The van der Waals surface area contributed by atoms with Gasteiger partial charge in [0, 0.05) is 0 Å². The first kappa shape index (κ1) is 23.8. The fourth-order valence-corrected chi connectivity index (χ4v) is 3.56. The summed E-state index contributed by atoms with van der Waals surface area (Å²) in [5, 5.41) is 43.5. The van der Waals surface area contributed by atoms with Crippen LogP contribution in [-0.2, 0) is 4.74 Å². The monoisotopic (exact) mass is 375 g/mol. The van der Waals surface area contributed by atoms with Gasteiger partial charge in [-0.2, -0.15) is 0 Å². The van der Waals surface area contributed by atoms with Crippen LogP contribution in [0.1, 0.15) is 85.0 Å². The van der Waals surface area contributed by atoms with Crippen LogP contribution in [0, 0.1) is 0 Å². The Bertz CT molecular complexity index is 361. The number of hydrogen-bond donors (Lipinski definition) is 5. The summed E-state index contributed by atoms with van der Waals surface area (Å²) in [6.45, 7) is 5.85. The van der Waals surface area contributed by atoms with Gasteiger partial charge in [0.05, 0.1) is 11.6 Å². The molecule has 0 aromatic carbocycles. The molecule has 6 heteroatoms. The molecule has 0 aliphatic carbocycles. The number of hydrogen-bond acceptors (Lipinski definition) is 6. The molecule has 1 heterocycles. The van der Waals surface area contributed by atoms with Crippen LogP contribution in [0.5, 0.6) is 0 Å². The molecule has 156 valence electrons. The molecule has 0 amide bonds. The quantitative estimate of drug-likeness (QED) is 0.316. The van der Waals surface area contributed by atoms with Gasteiger partial charge in [0.15, 0.2) is 6.29 Å². The van der Waals surface area contributed by atoms with Crippen molar-refractivity contribution in [2.24, 2.45) is 0 Å². The third-order valence-electron chi connectivity index (χ3n) is 5.23. The molecular formula is C20H41NO5. The highest BCUT2D eigenvalue weighted by atomic mass is 16.6. The second-order valence-corrected chi connectivity index (χ2v) is 8.24. The number of aliphatic hydroxyl groups excluding tert-OH is 3. The minimum Gasteiger partial charge on any atom is -0.388 e. The normalized spacial score (nSPS) is 29.9. The van der Waals surface area contributed by atoms with E-state index in [0.717, 1.165) is 12.8 Å². The predicted molar refractivity (Wildman–Crippen MR) is 103 cm³/mol. The van der Waals surface area contributed by atoms with Crippen LogP contribution in [0.15, 0.2) is 0 Å². The Morgan fingerprint density at radius 2 is 1.31 bits per heavy atom. The van der Waals surface area contributed by atoms with Crippen molar-refractivity contribution in [3.63, 3.8) is 0 Å². The summed E-state index contributed by atoms with van der Waals surface area (Å²) in [6, 6.07) is -0.748. The van der Waals surface area contributed by atoms with Crippen molar-refractivity contribution in [1.82, 2.24) is 5.32 Å². The van der Waals surface area contributed by atoms with E-state index >= 15 is 0 Å². The minimum absolute atomic E-state index is 0.651. The number of nitrogens with one attached hydrogen (secondary N) is 1. The van der Waals surface area contributed by atoms with Gasteiger partial charge < -0.3 is 30.5 Å². The first-order valence-corrected chi connectivity index (χ1v) is 10.4. The van der Waals surface area contributed by atoms with E-state index in [-0.39, 0.29) is 0 Å². The van der Waals surface area contributed by atoms with E-state index < -0.39 is 36.2 Å². The van der Waals surface area contributed by atoms with Gasteiger partial charge in [-0.25, -0.2) is 0 Å². The fraction of sp³-hybridized carbons (Fsp3) is 1.00. The van der Waals surface area contributed by atoms with Crippen molar-refractivity contribution < 1.29 is 25.2 Å². The molecule has 1 aliphatic rings. The second kappa shape index (κ2) is 12.3. The molecule has 6 nitrogen and oxygen atoms in total. The zero-order valence-corrected chi connectivity index (χ0v) is 16.9. The molecule has 0 saturated carbocycles. The lowest BCUT2D eigenvalue weighted by Gasteiger charge is -2.45. The highest BCUT2D eigenvalue weighted by Crippen LogP contribution is 2.27. The molecule has 0 radical (unpaired) electrons. The molecule has 1 fully saturated rings. The first-order valence-electron chi connectivity index (χ1n) is 10.4. The molecule has 1 unspecified atom stereocenters. The van der Waals surface area contributed by atoms with Crippen LogP contribution >= 0.6 is 0 Å². The first-order chi connectivity index (χ1) is 12.3. The van der Waals surface area contributed by atoms with Gasteiger partial charge in [0.25, 0.3) is 0 Å². The highest BCUT2D eigenvalue weighted by molar-refractivity contribution is 4.98. The van der Waals surface area contributed by atoms with E-state index in [0.29, 0.717) is 6.54 Å². The molecule has 1 saturated heterocycles. The summed E-state index contributed by atoms with van der Waals surface area (Å²) in [5.41, 5.74) is -1.34. The van der Waals surface area contributed by atoms with Crippen LogP contribution in [0.2, 0.25) is 0 Å². The van der Waals surface area contributed by atoms with Crippen molar-refractivity contribution in [3.05, 3.63) is 0 Å². The summed E-state index contributed by atoms with van der Waals surface area (Å²) in [5.74, 6) is 0. The minimum atomic E-state index is -1.34. The van der Waals surface area contributed by atoms with Crippen molar-refractivity contribution in [3.8, 4) is 0 Å². The van der Waals surface area contributed by atoms with E-state index in [9.17, 15) is 20.4 Å². The lowest BCUT2D eigenvalue weighted by atomic mass is 9.88. The van der Waals surface area contributed by atoms with Crippen LogP contribution in [-0.4, -0.2) is 63.2 Å². The smallest absolute Gasteiger partial charge is 0.173 e. The summed E-state index contributed by atoms with van der Waals surface area (Å²) >= 11 is 0. The van der Waals surface area contributed by atoms with Crippen LogP contribution in [0.3, 0.4) is 0 Å². The van der Waals surface area contributed by atoms with Gasteiger partial charge in [0.1, 0.15) is 18.3 Å². The molecule has 0 aromatic rings. The zero-order chi connectivity index (χ0) is 19.6. The molecule has 1 rings (SSSR count). The average Bonchev–Trinajstić information content (AvgIpc) is 2.57. The molecular weight excluding hydrogens is 334 g/mol. The third-order valence-corrected chi connectivity index (χ3v) is 5.23. The Hall–Kier alpha value is -0.240. The van der Waals surface area contributed by atoms with Crippen molar-refractivity contribution in [2.75, 3.05) is 6.54 Å². The van der Waals surface area contributed by atoms with Crippen molar-refractivity contribution in [2.45, 2.75) is 121 Å². The predicted octanol–water partition coefficient (Wildman–Crippen LogP) is 2.08. The molecule has 0 bridgehead atoms. The van der Waals surface area contributed by atoms with E-state index in [1.165, 1.54) is 65.2 Å². The summed E-state index contributed by atoms with van der Waals surface area (Å²) in [4.78, 5) is 0. The molecule has 5 atom stereocenters. The van der Waals surface area contributed by atoms with Gasteiger partial charge in [-0.3, -0.25) is 0 Å². The Morgan fingerprint density at radius 1 is 0.808 bits per heavy atom. The topological polar surface area (TPSA) is 102 Å². The van der Waals surface area contributed by atoms with Gasteiger partial charge >= 0.3 is 0 Å². The third kappa shape index (κ3) is 8.19. The van der Waals surface area contributed by atoms with Crippen LogP contribution in [0.25, 0.3) is 0 Å². The Balaban J connectivity index is 2.14. The van der Waals surface area contributed by atoms with Crippen LogP contribution < -0.4 is 5.32 Å². The molecule has 26 heavy (non-hydrogen) atoms. The SMILES string of the molecule is CCCCCCCCCCCCN[C@@H]1C(O)O[C@H](C(C)(C)O)[C@@H](O)[C@@H]1O. The molecule has 0 aromatic heterocycles. The van der Waals surface area contributed by atoms with Crippen molar-refractivity contribution >= 4 is 0 Å². The van der Waals surface area contributed by atoms with Gasteiger partial charge in [0.2, 0.25) is 0 Å². The van der Waals surface area contributed by atoms with E-state index in [2.05, 4.69) is 12.2 Å². The largest absolute Gasteiger partial charge is 0.388 e. The number of unbranched alkanes of at least 4 members (excludes halogenated alkanes) is 9. The van der Waals surface area contributed by atoms with Gasteiger partial charge in [-0.15, -0.1) is 0 Å². The number of rotatable bonds is 13. The van der Waals surface area contributed by atoms with Crippen LogP contribution in [0.4, 0.5) is 0 Å². The summed E-state index contributed by atoms with van der Waals surface area (Å²) in [6.07, 6.45) is 7.78. The number of ether oxygens (including phenoxy) is 1. The lowest BCUT2D eigenvalue weighted by molar-refractivity contribution is -0.281. The highest BCUT2D eigenvalue weighted by Gasteiger charge is 2.48. The second-order valence-electron chi connectivity index (χ2n) is 8.24. The average molecular weight is 376 g/mol.